The molecule has 156 valence electrons. The number of hydrogen-bond acceptors (Lipinski definition) is 3. The first kappa shape index (κ1) is 21.2. The van der Waals surface area contributed by atoms with Gasteiger partial charge in [0, 0.05) is 32.6 Å². The number of aryl methyl sites for hydroxylation is 1. The number of hydrogen-bond donors (Lipinski definition) is 1. The van der Waals surface area contributed by atoms with E-state index in [2.05, 4.69) is 58.5 Å². The standard InChI is InChI=1S/C24H33N3O2/c1-19-9-10-23(28-3)22(15-19)11-13-26-24(25-2)27-14-12-21(16-27)18-29-17-20-7-5-4-6-8-20/h4-10,15,21H,11-14,16-18H2,1-3H3,(H,25,26). The molecule has 3 rings (SSSR count). The summed E-state index contributed by atoms with van der Waals surface area (Å²) in [5.41, 5.74) is 3.71. The number of rotatable bonds is 8. The minimum atomic E-state index is 0.550. The summed E-state index contributed by atoms with van der Waals surface area (Å²) in [7, 11) is 3.58. The number of ether oxygens (including phenoxy) is 2. The molecule has 0 bridgehead atoms. The molecule has 0 aliphatic carbocycles. The Morgan fingerprint density at radius 2 is 2.03 bits per heavy atom. The smallest absolute Gasteiger partial charge is 0.193 e. The third kappa shape index (κ3) is 6.23. The third-order valence-electron chi connectivity index (χ3n) is 5.38. The van der Waals surface area contributed by atoms with Crippen molar-refractivity contribution in [3.8, 4) is 5.75 Å². The lowest BCUT2D eigenvalue weighted by Crippen LogP contribution is -2.41. The molecule has 1 atom stereocenters. The summed E-state index contributed by atoms with van der Waals surface area (Å²) in [6.45, 7) is 6.43. The van der Waals surface area contributed by atoms with Crippen LogP contribution in [0.5, 0.6) is 5.75 Å². The van der Waals surface area contributed by atoms with Crippen molar-refractivity contribution in [2.75, 3.05) is 40.4 Å². The average Bonchev–Trinajstić information content (AvgIpc) is 3.21. The third-order valence-corrected chi connectivity index (χ3v) is 5.38. The van der Waals surface area contributed by atoms with E-state index in [1.807, 2.05) is 19.2 Å². The number of methoxy groups -OCH3 is 1. The second-order valence-electron chi connectivity index (χ2n) is 7.64. The first-order valence-electron chi connectivity index (χ1n) is 10.4. The quantitative estimate of drug-likeness (QED) is 0.547. The average molecular weight is 396 g/mol. The predicted molar refractivity (Wildman–Crippen MR) is 119 cm³/mol. The Balaban J connectivity index is 1.42. The molecule has 29 heavy (non-hydrogen) atoms. The van der Waals surface area contributed by atoms with Crippen LogP contribution < -0.4 is 10.1 Å². The molecule has 5 heteroatoms. The van der Waals surface area contributed by atoms with E-state index < -0.39 is 0 Å². The Kier molecular flexibility index (Phi) is 7.94. The molecule has 2 aromatic carbocycles. The zero-order valence-corrected chi connectivity index (χ0v) is 17.9. The fourth-order valence-electron chi connectivity index (χ4n) is 3.82. The lowest BCUT2D eigenvalue weighted by molar-refractivity contribution is 0.0907. The minimum Gasteiger partial charge on any atom is -0.496 e. The number of benzene rings is 2. The van der Waals surface area contributed by atoms with Gasteiger partial charge in [-0.3, -0.25) is 4.99 Å². The van der Waals surface area contributed by atoms with E-state index in [1.54, 1.807) is 7.11 Å². The largest absolute Gasteiger partial charge is 0.496 e. The van der Waals surface area contributed by atoms with Gasteiger partial charge in [0.2, 0.25) is 0 Å². The maximum absolute atomic E-state index is 5.94. The predicted octanol–water partition coefficient (Wildman–Crippen LogP) is 3.66. The van der Waals surface area contributed by atoms with E-state index >= 15 is 0 Å². The van der Waals surface area contributed by atoms with Crippen LogP contribution in [0.2, 0.25) is 0 Å². The highest BCUT2D eigenvalue weighted by Gasteiger charge is 2.24. The number of nitrogens with one attached hydrogen (secondary N) is 1. The Hall–Kier alpha value is -2.53. The maximum Gasteiger partial charge on any atom is 0.193 e. The Bertz CT molecular complexity index is 792. The normalized spacial score (nSPS) is 16.9. The molecule has 2 aromatic rings. The molecule has 0 amide bonds. The van der Waals surface area contributed by atoms with Crippen LogP contribution in [0.4, 0.5) is 0 Å². The maximum atomic E-state index is 5.94. The SMILES string of the molecule is CN=C(NCCc1cc(C)ccc1OC)N1CCC(COCc2ccccc2)C1. The lowest BCUT2D eigenvalue weighted by atomic mass is 10.1. The lowest BCUT2D eigenvalue weighted by Gasteiger charge is -2.22. The molecule has 0 aromatic heterocycles. The summed E-state index contributed by atoms with van der Waals surface area (Å²) in [6, 6.07) is 16.7. The summed E-state index contributed by atoms with van der Waals surface area (Å²) >= 11 is 0. The topological polar surface area (TPSA) is 46.1 Å². The van der Waals surface area contributed by atoms with Crippen molar-refractivity contribution in [2.24, 2.45) is 10.9 Å². The Morgan fingerprint density at radius 1 is 1.21 bits per heavy atom. The molecule has 1 heterocycles. The number of nitrogens with zero attached hydrogens (tertiary/aromatic N) is 2. The van der Waals surface area contributed by atoms with E-state index in [0.29, 0.717) is 12.5 Å². The van der Waals surface area contributed by atoms with E-state index in [1.165, 1.54) is 16.7 Å². The molecule has 0 saturated carbocycles. The molecule has 1 aliphatic rings. The van der Waals surface area contributed by atoms with Crippen molar-refractivity contribution < 1.29 is 9.47 Å². The summed E-state index contributed by atoms with van der Waals surface area (Å²) in [4.78, 5) is 6.82. The van der Waals surface area contributed by atoms with Gasteiger partial charge >= 0.3 is 0 Å². The molecule has 1 aliphatic heterocycles. The van der Waals surface area contributed by atoms with Gasteiger partial charge in [-0.15, -0.1) is 0 Å². The van der Waals surface area contributed by atoms with Crippen molar-refractivity contribution in [3.63, 3.8) is 0 Å². The second-order valence-corrected chi connectivity index (χ2v) is 7.64. The van der Waals surface area contributed by atoms with Crippen molar-refractivity contribution >= 4 is 5.96 Å². The van der Waals surface area contributed by atoms with Crippen molar-refractivity contribution in [1.29, 1.82) is 0 Å². The van der Waals surface area contributed by atoms with Gasteiger partial charge in [-0.25, -0.2) is 0 Å². The Morgan fingerprint density at radius 3 is 2.79 bits per heavy atom. The minimum absolute atomic E-state index is 0.550. The molecule has 0 radical (unpaired) electrons. The molecule has 1 N–H and O–H groups in total. The number of likely N-dealkylation sites (tertiary alicyclic amines) is 1. The van der Waals surface area contributed by atoms with E-state index in [0.717, 1.165) is 50.8 Å². The monoisotopic (exact) mass is 395 g/mol. The van der Waals surface area contributed by atoms with E-state index in [-0.39, 0.29) is 0 Å². The highest BCUT2D eigenvalue weighted by Crippen LogP contribution is 2.20. The Labute approximate surface area is 174 Å². The molecule has 1 fully saturated rings. The fourth-order valence-corrected chi connectivity index (χ4v) is 3.82. The second kappa shape index (κ2) is 10.9. The zero-order valence-electron chi connectivity index (χ0n) is 17.9. The molecule has 1 saturated heterocycles. The molecule has 0 spiro atoms. The summed E-state index contributed by atoms with van der Waals surface area (Å²) in [5, 5.41) is 3.51. The van der Waals surface area contributed by atoms with Gasteiger partial charge in [0.15, 0.2) is 5.96 Å². The summed E-state index contributed by atoms with van der Waals surface area (Å²) in [5.74, 6) is 2.47. The van der Waals surface area contributed by atoms with E-state index in [9.17, 15) is 0 Å². The summed E-state index contributed by atoms with van der Waals surface area (Å²) < 4.78 is 11.4. The van der Waals surface area contributed by atoms with Crippen LogP contribution in [0.15, 0.2) is 53.5 Å². The van der Waals surface area contributed by atoms with Gasteiger partial charge < -0.3 is 19.7 Å². The van der Waals surface area contributed by atoms with E-state index in [4.69, 9.17) is 9.47 Å². The molecule has 5 nitrogen and oxygen atoms in total. The summed E-state index contributed by atoms with van der Waals surface area (Å²) in [6.07, 6.45) is 2.04. The molecule has 1 unspecified atom stereocenters. The molecular formula is C24H33N3O2. The van der Waals surface area contributed by atoms with Crippen LogP contribution in [0.1, 0.15) is 23.1 Å². The van der Waals surface area contributed by atoms with Crippen LogP contribution in [-0.2, 0) is 17.8 Å². The van der Waals surface area contributed by atoms with Gasteiger partial charge in [-0.1, -0.05) is 48.0 Å². The number of guanidine groups is 1. The van der Waals surface area contributed by atoms with Crippen LogP contribution >= 0.6 is 0 Å². The first-order chi connectivity index (χ1) is 14.2. The van der Waals surface area contributed by atoms with Gasteiger partial charge in [0.25, 0.3) is 0 Å². The van der Waals surface area contributed by atoms with Gasteiger partial charge in [0.05, 0.1) is 20.3 Å². The van der Waals surface area contributed by atoms with Gasteiger partial charge in [0.1, 0.15) is 5.75 Å². The van der Waals surface area contributed by atoms with Crippen molar-refractivity contribution in [3.05, 3.63) is 65.2 Å². The van der Waals surface area contributed by atoms with Crippen molar-refractivity contribution in [1.82, 2.24) is 10.2 Å². The van der Waals surface area contributed by atoms with Gasteiger partial charge in [-0.05, 0) is 37.0 Å². The highest BCUT2D eigenvalue weighted by atomic mass is 16.5. The highest BCUT2D eigenvalue weighted by molar-refractivity contribution is 5.80. The van der Waals surface area contributed by atoms with Crippen LogP contribution in [0, 0.1) is 12.8 Å². The van der Waals surface area contributed by atoms with Crippen LogP contribution in [-0.4, -0.2) is 51.3 Å². The van der Waals surface area contributed by atoms with Gasteiger partial charge in [-0.2, -0.15) is 0 Å². The fraction of sp³-hybridized carbons (Fsp3) is 0.458. The molecular weight excluding hydrogens is 362 g/mol. The zero-order chi connectivity index (χ0) is 20.5. The van der Waals surface area contributed by atoms with Crippen LogP contribution in [0.25, 0.3) is 0 Å². The number of aliphatic imine (C=N–C) groups is 1. The van der Waals surface area contributed by atoms with Crippen molar-refractivity contribution in [2.45, 2.75) is 26.4 Å². The van der Waals surface area contributed by atoms with Crippen LogP contribution in [0.3, 0.4) is 0 Å². The first-order valence-corrected chi connectivity index (χ1v) is 10.4.